The Bertz CT molecular complexity index is 774. The van der Waals surface area contributed by atoms with Crippen molar-refractivity contribution < 1.29 is 14.3 Å². The highest BCUT2D eigenvalue weighted by Gasteiger charge is 2.14. The lowest BCUT2D eigenvalue weighted by Gasteiger charge is -2.28. The maximum atomic E-state index is 11.9. The number of anilines is 1. The molecule has 0 spiro atoms. The van der Waals surface area contributed by atoms with Crippen molar-refractivity contribution in [2.24, 2.45) is 0 Å². The number of nitrogens with one attached hydrogen (secondary N) is 1. The molecule has 3 rings (SSSR count). The number of amides is 1. The number of carbonyl (C=O) groups is 1. The summed E-state index contributed by atoms with van der Waals surface area (Å²) in [6, 6.07) is 9.47. The molecule has 0 aliphatic carbocycles. The van der Waals surface area contributed by atoms with E-state index in [9.17, 15) is 4.79 Å². The van der Waals surface area contributed by atoms with Gasteiger partial charge in [-0.05, 0) is 45.2 Å². The number of benzene rings is 1. The smallest absolute Gasteiger partial charge is 0.258 e. The first kappa shape index (κ1) is 19.9. The van der Waals surface area contributed by atoms with Crippen LogP contribution >= 0.6 is 0 Å². The highest BCUT2D eigenvalue weighted by Crippen LogP contribution is 2.21. The van der Waals surface area contributed by atoms with Gasteiger partial charge in [-0.15, -0.1) is 0 Å². The number of hydrogen-bond acceptors (Lipinski definition) is 6. The van der Waals surface area contributed by atoms with Gasteiger partial charge in [-0.3, -0.25) is 4.79 Å². The fourth-order valence-corrected chi connectivity index (χ4v) is 3.06. The molecule has 2 aromatic rings. The van der Waals surface area contributed by atoms with E-state index < -0.39 is 0 Å². The van der Waals surface area contributed by atoms with Gasteiger partial charge in [0.25, 0.3) is 5.91 Å². The van der Waals surface area contributed by atoms with Crippen LogP contribution in [0.2, 0.25) is 0 Å². The van der Waals surface area contributed by atoms with Crippen LogP contribution in [0.15, 0.2) is 30.3 Å². The van der Waals surface area contributed by atoms with Gasteiger partial charge in [-0.25, -0.2) is 4.98 Å². The van der Waals surface area contributed by atoms with Gasteiger partial charge in [0.1, 0.15) is 24.0 Å². The van der Waals surface area contributed by atoms with Gasteiger partial charge in [-0.2, -0.15) is 4.98 Å². The summed E-state index contributed by atoms with van der Waals surface area (Å²) in [7, 11) is 0. The number of ether oxygens (including phenoxy) is 2. The van der Waals surface area contributed by atoms with E-state index in [0.717, 1.165) is 24.5 Å². The van der Waals surface area contributed by atoms with Crippen molar-refractivity contribution in [3.05, 3.63) is 41.7 Å². The Labute approximate surface area is 166 Å². The zero-order valence-electron chi connectivity index (χ0n) is 16.6. The largest absolute Gasteiger partial charge is 0.484 e. The highest BCUT2D eigenvalue weighted by molar-refractivity contribution is 5.77. The molecule has 1 fully saturated rings. The Morgan fingerprint density at radius 3 is 2.57 bits per heavy atom. The number of piperidine rings is 1. The minimum Gasteiger partial charge on any atom is -0.484 e. The maximum absolute atomic E-state index is 11.9. The van der Waals surface area contributed by atoms with Crippen molar-refractivity contribution in [3.63, 3.8) is 0 Å². The normalized spacial score (nSPS) is 13.9. The number of nitrogens with zero attached hydrogens (tertiary/aromatic N) is 3. The van der Waals surface area contributed by atoms with E-state index in [-0.39, 0.29) is 12.5 Å². The minimum atomic E-state index is -0.183. The van der Waals surface area contributed by atoms with E-state index in [4.69, 9.17) is 9.47 Å². The molecule has 1 aliphatic heterocycles. The molecule has 1 aromatic heterocycles. The standard InChI is InChI=1S/C21H28N4O3/c1-16-6-8-18(9-7-16)28-15-20(26)22-10-13-27-21-14-19(23-17(2)24-21)25-11-4-3-5-12-25/h6-9,14H,3-5,10-13,15H2,1-2H3,(H,22,26). The SMILES string of the molecule is Cc1ccc(OCC(=O)NCCOc2cc(N3CCCCC3)nc(C)n2)cc1. The third-order valence-electron chi connectivity index (χ3n) is 4.55. The first-order chi connectivity index (χ1) is 13.6. The molecule has 28 heavy (non-hydrogen) atoms. The summed E-state index contributed by atoms with van der Waals surface area (Å²) < 4.78 is 11.2. The molecule has 7 nitrogen and oxygen atoms in total. The summed E-state index contributed by atoms with van der Waals surface area (Å²) in [5.74, 6) is 2.64. The van der Waals surface area contributed by atoms with Gasteiger partial charge in [0.05, 0.1) is 6.54 Å². The second kappa shape index (κ2) is 9.92. The van der Waals surface area contributed by atoms with Crippen LogP contribution in [-0.2, 0) is 4.79 Å². The average Bonchev–Trinajstić information content (AvgIpc) is 2.71. The van der Waals surface area contributed by atoms with Crippen molar-refractivity contribution in [1.29, 1.82) is 0 Å². The minimum absolute atomic E-state index is 0.0191. The van der Waals surface area contributed by atoms with Crippen LogP contribution in [0.25, 0.3) is 0 Å². The predicted octanol–water partition coefficient (Wildman–Crippen LogP) is 2.66. The molecular weight excluding hydrogens is 356 g/mol. The number of carbonyl (C=O) groups excluding carboxylic acids is 1. The molecule has 1 aromatic carbocycles. The van der Waals surface area contributed by atoms with Crippen molar-refractivity contribution in [1.82, 2.24) is 15.3 Å². The van der Waals surface area contributed by atoms with E-state index in [2.05, 4.69) is 20.2 Å². The summed E-state index contributed by atoms with van der Waals surface area (Å²) in [5, 5.41) is 2.78. The van der Waals surface area contributed by atoms with E-state index >= 15 is 0 Å². The Kier molecular flexibility index (Phi) is 7.06. The van der Waals surface area contributed by atoms with Crippen LogP contribution in [0.3, 0.4) is 0 Å². The zero-order valence-corrected chi connectivity index (χ0v) is 16.6. The molecule has 0 atom stereocenters. The van der Waals surface area contributed by atoms with Crippen LogP contribution < -0.4 is 19.7 Å². The van der Waals surface area contributed by atoms with Gasteiger partial charge >= 0.3 is 0 Å². The molecule has 1 saturated heterocycles. The first-order valence-corrected chi connectivity index (χ1v) is 9.80. The van der Waals surface area contributed by atoms with Crippen molar-refractivity contribution >= 4 is 11.7 Å². The van der Waals surface area contributed by atoms with Crippen LogP contribution in [0.5, 0.6) is 11.6 Å². The second-order valence-corrected chi connectivity index (χ2v) is 6.96. The van der Waals surface area contributed by atoms with Gasteiger partial charge < -0.3 is 19.7 Å². The summed E-state index contributed by atoms with van der Waals surface area (Å²) in [6.07, 6.45) is 3.66. The molecule has 0 radical (unpaired) electrons. The Hall–Kier alpha value is -2.83. The first-order valence-electron chi connectivity index (χ1n) is 9.80. The van der Waals surface area contributed by atoms with Crippen LogP contribution in [0.4, 0.5) is 5.82 Å². The summed E-state index contributed by atoms with van der Waals surface area (Å²) >= 11 is 0. The molecule has 0 unspecified atom stereocenters. The van der Waals surface area contributed by atoms with E-state index in [1.165, 1.54) is 19.3 Å². The fourth-order valence-electron chi connectivity index (χ4n) is 3.06. The molecule has 0 saturated carbocycles. The lowest BCUT2D eigenvalue weighted by atomic mass is 10.1. The molecule has 0 bridgehead atoms. The molecular formula is C21H28N4O3. The third-order valence-corrected chi connectivity index (χ3v) is 4.55. The van der Waals surface area contributed by atoms with Crippen LogP contribution in [-0.4, -0.2) is 48.7 Å². The van der Waals surface area contributed by atoms with Gasteiger partial charge in [0, 0.05) is 19.2 Å². The maximum Gasteiger partial charge on any atom is 0.258 e. The molecule has 2 heterocycles. The second-order valence-electron chi connectivity index (χ2n) is 6.96. The van der Waals surface area contributed by atoms with Gasteiger partial charge in [-0.1, -0.05) is 17.7 Å². The predicted molar refractivity (Wildman–Crippen MR) is 108 cm³/mol. The van der Waals surface area contributed by atoms with Crippen molar-refractivity contribution in [2.75, 3.05) is 37.7 Å². The number of hydrogen-bond donors (Lipinski definition) is 1. The van der Waals surface area contributed by atoms with Crippen molar-refractivity contribution in [2.45, 2.75) is 33.1 Å². The Morgan fingerprint density at radius 2 is 1.82 bits per heavy atom. The lowest BCUT2D eigenvalue weighted by Crippen LogP contribution is -2.32. The monoisotopic (exact) mass is 384 g/mol. The van der Waals surface area contributed by atoms with Gasteiger partial charge in [0.15, 0.2) is 6.61 Å². The average molecular weight is 384 g/mol. The highest BCUT2D eigenvalue weighted by atomic mass is 16.5. The van der Waals surface area contributed by atoms with E-state index in [1.54, 1.807) is 0 Å². The van der Waals surface area contributed by atoms with Crippen molar-refractivity contribution in [3.8, 4) is 11.6 Å². The fraction of sp³-hybridized carbons (Fsp3) is 0.476. The molecule has 150 valence electrons. The Morgan fingerprint density at radius 1 is 1.07 bits per heavy atom. The van der Waals surface area contributed by atoms with E-state index in [0.29, 0.717) is 30.6 Å². The van der Waals surface area contributed by atoms with E-state index in [1.807, 2.05) is 44.2 Å². The third kappa shape index (κ3) is 6.11. The molecule has 1 N–H and O–H groups in total. The topological polar surface area (TPSA) is 76.6 Å². The quantitative estimate of drug-likeness (QED) is 0.705. The molecule has 1 amide bonds. The van der Waals surface area contributed by atoms with Crippen LogP contribution in [0.1, 0.15) is 30.7 Å². The Balaban J connectivity index is 1.40. The summed E-state index contributed by atoms with van der Waals surface area (Å²) in [5.41, 5.74) is 1.15. The lowest BCUT2D eigenvalue weighted by molar-refractivity contribution is -0.123. The number of rotatable bonds is 8. The number of aryl methyl sites for hydroxylation is 2. The molecule has 1 aliphatic rings. The molecule has 7 heteroatoms. The zero-order chi connectivity index (χ0) is 19.8. The summed E-state index contributed by atoms with van der Waals surface area (Å²) in [4.78, 5) is 23.0. The number of aromatic nitrogens is 2. The summed E-state index contributed by atoms with van der Waals surface area (Å²) in [6.45, 7) is 6.62. The van der Waals surface area contributed by atoms with Gasteiger partial charge in [0.2, 0.25) is 5.88 Å². The van der Waals surface area contributed by atoms with Crippen LogP contribution in [0, 0.1) is 13.8 Å².